The fourth-order valence-corrected chi connectivity index (χ4v) is 1.50. The number of phenols is 2. The monoisotopic (exact) mass is 259 g/mol. The predicted molar refractivity (Wildman–Crippen MR) is 67.3 cm³/mol. The van der Waals surface area contributed by atoms with Crippen molar-refractivity contribution in [1.82, 2.24) is 4.98 Å². The van der Waals surface area contributed by atoms with Crippen molar-refractivity contribution in [1.29, 1.82) is 0 Å². The molecule has 0 aliphatic heterocycles. The van der Waals surface area contributed by atoms with E-state index >= 15 is 0 Å². The maximum absolute atomic E-state index is 12.9. The van der Waals surface area contributed by atoms with Crippen LogP contribution in [0.2, 0.25) is 0 Å². The molecule has 19 heavy (non-hydrogen) atoms. The van der Waals surface area contributed by atoms with Crippen LogP contribution >= 0.6 is 0 Å². The van der Waals surface area contributed by atoms with Gasteiger partial charge in [0, 0.05) is 6.20 Å². The SMILES string of the molecule is O=C(/C=C/c1cncc(F)c1)c1cc(O)ccc1O. The van der Waals surface area contributed by atoms with Gasteiger partial charge in [-0.15, -0.1) is 0 Å². The molecule has 0 saturated heterocycles. The summed E-state index contributed by atoms with van der Waals surface area (Å²) in [6.45, 7) is 0. The molecule has 2 rings (SSSR count). The van der Waals surface area contributed by atoms with Crippen molar-refractivity contribution >= 4 is 11.9 Å². The van der Waals surface area contributed by atoms with E-state index in [-0.39, 0.29) is 17.1 Å². The first-order chi connectivity index (χ1) is 9.06. The largest absolute Gasteiger partial charge is 0.508 e. The van der Waals surface area contributed by atoms with E-state index in [1.54, 1.807) is 0 Å². The second kappa shape index (κ2) is 5.30. The van der Waals surface area contributed by atoms with Crippen molar-refractivity contribution < 1.29 is 19.4 Å². The van der Waals surface area contributed by atoms with Gasteiger partial charge in [-0.05, 0) is 42.0 Å². The van der Waals surface area contributed by atoms with Gasteiger partial charge < -0.3 is 10.2 Å². The van der Waals surface area contributed by atoms with E-state index in [0.717, 1.165) is 12.3 Å². The minimum absolute atomic E-state index is 0.0272. The number of pyridine rings is 1. The number of carbonyl (C=O) groups is 1. The molecule has 96 valence electrons. The zero-order valence-corrected chi connectivity index (χ0v) is 9.75. The summed E-state index contributed by atoms with van der Waals surface area (Å²) in [5.41, 5.74) is 0.397. The molecule has 0 saturated carbocycles. The highest BCUT2D eigenvalue weighted by molar-refractivity contribution is 6.08. The lowest BCUT2D eigenvalue weighted by Gasteiger charge is -2.01. The molecule has 1 aromatic heterocycles. The predicted octanol–water partition coefficient (Wildman–Crippen LogP) is 2.53. The molecule has 0 amide bonds. The number of rotatable bonds is 3. The van der Waals surface area contributed by atoms with Crippen LogP contribution in [0.1, 0.15) is 15.9 Å². The Labute approximate surface area is 108 Å². The Balaban J connectivity index is 2.23. The minimum atomic E-state index is -0.505. The number of ketones is 1. The average molecular weight is 259 g/mol. The van der Waals surface area contributed by atoms with Crippen molar-refractivity contribution in [2.75, 3.05) is 0 Å². The second-order valence-electron chi connectivity index (χ2n) is 3.84. The lowest BCUT2D eigenvalue weighted by Crippen LogP contribution is -1.94. The highest BCUT2D eigenvalue weighted by Gasteiger charge is 2.09. The molecule has 1 aromatic carbocycles. The van der Waals surface area contributed by atoms with Gasteiger partial charge in [0.15, 0.2) is 5.78 Å². The van der Waals surface area contributed by atoms with Crippen LogP contribution in [0.4, 0.5) is 4.39 Å². The molecular weight excluding hydrogens is 249 g/mol. The highest BCUT2D eigenvalue weighted by atomic mass is 19.1. The molecule has 0 aliphatic carbocycles. The third kappa shape index (κ3) is 3.16. The number of hydrogen-bond acceptors (Lipinski definition) is 4. The van der Waals surface area contributed by atoms with Crippen LogP contribution in [0.25, 0.3) is 6.08 Å². The quantitative estimate of drug-likeness (QED) is 0.505. The third-order valence-electron chi connectivity index (χ3n) is 2.40. The van der Waals surface area contributed by atoms with E-state index in [1.807, 2.05) is 0 Å². The highest BCUT2D eigenvalue weighted by Crippen LogP contribution is 2.23. The van der Waals surface area contributed by atoms with Crippen LogP contribution in [0, 0.1) is 5.82 Å². The number of phenolic OH excluding ortho intramolecular Hbond substituents is 2. The molecule has 2 aromatic rings. The standard InChI is InChI=1S/C14H10FNO3/c15-10-5-9(7-16-8-10)1-3-13(18)12-6-11(17)2-4-14(12)19/h1-8,17,19H/b3-1+. The van der Waals surface area contributed by atoms with Crippen LogP contribution in [0.15, 0.2) is 42.7 Å². The molecule has 0 unspecified atom stereocenters. The normalized spacial score (nSPS) is 10.8. The van der Waals surface area contributed by atoms with Crippen molar-refractivity contribution in [2.45, 2.75) is 0 Å². The topological polar surface area (TPSA) is 70.4 Å². The van der Waals surface area contributed by atoms with Crippen molar-refractivity contribution in [3.63, 3.8) is 0 Å². The average Bonchev–Trinajstić information content (AvgIpc) is 2.39. The number of aromatic hydroxyl groups is 2. The summed E-state index contributed by atoms with van der Waals surface area (Å²) in [7, 11) is 0. The number of halogens is 1. The molecule has 0 fully saturated rings. The smallest absolute Gasteiger partial charge is 0.189 e. The van der Waals surface area contributed by atoms with Crippen LogP contribution in [-0.4, -0.2) is 21.0 Å². The third-order valence-corrected chi connectivity index (χ3v) is 2.40. The fraction of sp³-hybridized carbons (Fsp3) is 0. The van der Waals surface area contributed by atoms with Gasteiger partial charge in [0.25, 0.3) is 0 Å². The molecule has 4 nitrogen and oxygen atoms in total. The summed E-state index contributed by atoms with van der Waals surface area (Å²) in [5, 5.41) is 18.8. The van der Waals surface area contributed by atoms with E-state index in [1.165, 1.54) is 36.5 Å². The van der Waals surface area contributed by atoms with Crippen LogP contribution < -0.4 is 0 Å². The summed E-state index contributed by atoms with van der Waals surface area (Å²) in [6.07, 6.45) is 5.00. The molecule has 0 atom stereocenters. The second-order valence-corrected chi connectivity index (χ2v) is 3.84. The van der Waals surface area contributed by atoms with Gasteiger partial charge >= 0.3 is 0 Å². The number of benzene rings is 1. The molecule has 0 radical (unpaired) electrons. The number of nitrogens with zero attached hydrogens (tertiary/aromatic N) is 1. The summed E-state index contributed by atoms with van der Waals surface area (Å²) in [5.74, 6) is -1.36. The van der Waals surface area contributed by atoms with Gasteiger partial charge in [0.05, 0.1) is 11.8 Å². The Bertz CT molecular complexity index is 653. The first kappa shape index (κ1) is 12.8. The molecule has 5 heteroatoms. The zero-order valence-electron chi connectivity index (χ0n) is 9.75. The van der Waals surface area contributed by atoms with Gasteiger partial charge in [-0.25, -0.2) is 4.39 Å². The summed E-state index contributed by atoms with van der Waals surface area (Å²) in [6, 6.07) is 4.87. The van der Waals surface area contributed by atoms with Gasteiger partial charge in [-0.2, -0.15) is 0 Å². The Morgan fingerprint density at radius 2 is 2.00 bits per heavy atom. The van der Waals surface area contributed by atoms with E-state index in [4.69, 9.17) is 0 Å². The van der Waals surface area contributed by atoms with Crippen molar-refractivity contribution in [3.05, 3.63) is 59.7 Å². The van der Waals surface area contributed by atoms with E-state index < -0.39 is 11.6 Å². The number of aromatic nitrogens is 1. The summed E-state index contributed by atoms with van der Waals surface area (Å²) >= 11 is 0. The van der Waals surface area contributed by atoms with Crippen LogP contribution in [0.5, 0.6) is 11.5 Å². The van der Waals surface area contributed by atoms with Crippen LogP contribution in [-0.2, 0) is 0 Å². The zero-order chi connectivity index (χ0) is 13.8. The molecule has 2 N–H and O–H groups in total. The van der Waals surface area contributed by atoms with E-state index in [2.05, 4.69) is 4.98 Å². The van der Waals surface area contributed by atoms with Crippen LogP contribution in [0.3, 0.4) is 0 Å². The lowest BCUT2D eigenvalue weighted by molar-refractivity contribution is 0.104. The Morgan fingerprint density at radius 3 is 2.74 bits per heavy atom. The lowest BCUT2D eigenvalue weighted by atomic mass is 10.1. The van der Waals surface area contributed by atoms with Crippen molar-refractivity contribution in [2.24, 2.45) is 0 Å². The molecule has 0 bridgehead atoms. The Kier molecular flexibility index (Phi) is 3.56. The van der Waals surface area contributed by atoms with Gasteiger partial charge in [-0.3, -0.25) is 9.78 Å². The van der Waals surface area contributed by atoms with Crippen molar-refractivity contribution in [3.8, 4) is 11.5 Å². The first-order valence-electron chi connectivity index (χ1n) is 5.41. The van der Waals surface area contributed by atoms with Gasteiger partial charge in [0.1, 0.15) is 17.3 Å². The molecule has 1 heterocycles. The Hall–Kier alpha value is -2.69. The van der Waals surface area contributed by atoms with E-state index in [9.17, 15) is 19.4 Å². The maximum atomic E-state index is 12.9. The molecular formula is C14H10FNO3. The number of allylic oxidation sites excluding steroid dienone is 1. The number of hydrogen-bond donors (Lipinski definition) is 2. The fourth-order valence-electron chi connectivity index (χ4n) is 1.50. The molecule has 0 spiro atoms. The van der Waals surface area contributed by atoms with Gasteiger partial charge in [0.2, 0.25) is 0 Å². The number of carbonyl (C=O) groups excluding carboxylic acids is 1. The maximum Gasteiger partial charge on any atom is 0.189 e. The Morgan fingerprint density at radius 1 is 1.21 bits per heavy atom. The summed E-state index contributed by atoms with van der Waals surface area (Å²) < 4.78 is 12.9. The van der Waals surface area contributed by atoms with Gasteiger partial charge in [-0.1, -0.05) is 0 Å². The summed E-state index contributed by atoms with van der Waals surface area (Å²) in [4.78, 5) is 15.4. The molecule has 0 aliphatic rings. The minimum Gasteiger partial charge on any atom is -0.508 e. The first-order valence-corrected chi connectivity index (χ1v) is 5.41. The van der Waals surface area contributed by atoms with E-state index in [0.29, 0.717) is 5.56 Å².